The first-order valence-corrected chi connectivity index (χ1v) is 14.6. The zero-order valence-corrected chi connectivity index (χ0v) is 26.9. The van der Waals surface area contributed by atoms with Crippen molar-refractivity contribution >= 4 is 34.6 Å². The van der Waals surface area contributed by atoms with Gasteiger partial charge in [-0.1, -0.05) is 18.2 Å². The number of rotatable bonds is 11. The van der Waals surface area contributed by atoms with Crippen LogP contribution in [0, 0.1) is 15.9 Å². The van der Waals surface area contributed by atoms with Gasteiger partial charge in [0.1, 0.15) is 11.6 Å². The van der Waals surface area contributed by atoms with Crippen LogP contribution in [0.15, 0.2) is 60.7 Å². The second kappa shape index (κ2) is 18.4. The maximum atomic E-state index is 14.8. The minimum atomic E-state index is -5.08. The Morgan fingerprint density at radius 1 is 0.962 bits per heavy atom. The number of aliphatic carboxylic acids is 2. The van der Waals surface area contributed by atoms with Crippen LogP contribution in [-0.2, 0) is 16.1 Å². The van der Waals surface area contributed by atoms with Crippen LogP contribution in [0.4, 0.5) is 36.4 Å². The van der Waals surface area contributed by atoms with E-state index in [0.29, 0.717) is 29.7 Å². The number of carboxylic acid groups (broad SMARTS) is 2. The SMILES string of the molecule is COc1ccc(-c2ccc3nc(C(=O)NC[C@@H](N)CCCN)n(Cc4cc([N+](=O)[O-])ccc4F)c3c2)cc1.O=C(O)C(F)(F)F.O=C(O)C(F)(F)F. The number of ether oxygens (including phenoxy) is 1. The van der Waals surface area contributed by atoms with Crippen molar-refractivity contribution in [1.82, 2.24) is 14.9 Å². The number of carbonyl (C=O) groups is 3. The second-order valence-corrected chi connectivity index (χ2v) is 10.5. The summed E-state index contributed by atoms with van der Waals surface area (Å²) < 4.78 is 85.0. The maximum absolute atomic E-state index is 14.8. The third kappa shape index (κ3) is 12.5. The Morgan fingerprint density at radius 2 is 1.52 bits per heavy atom. The lowest BCUT2D eigenvalue weighted by Crippen LogP contribution is -2.38. The molecule has 1 atom stereocenters. The lowest BCUT2D eigenvalue weighted by Gasteiger charge is -2.14. The summed E-state index contributed by atoms with van der Waals surface area (Å²) in [6.45, 7) is 0.575. The number of fused-ring (bicyclic) bond motifs is 1. The highest BCUT2D eigenvalue weighted by Crippen LogP contribution is 2.28. The van der Waals surface area contributed by atoms with Crippen molar-refractivity contribution in [3.8, 4) is 16.9 Å². The first-order chi connectivity index (χ1) is 24.2. The number of hydrogen-bond donors (Lipinski definition) is 5. The van der Waals surface area contributed by atoms with Crippen LogP contribution < -0.4 is 21.5 Å². The fraction of sp³-hybridized carbons (Fsp3) is 0.290. The zero-order valence-electron chi connectivity index (χ0n) is 26.9. The number of alkyl halides is 6. The number of amides is 1. The van der Waals surface area contributed by atoms with E-state index in [9.17, 15) is 45.6 Å². The molecule has 0 spiro atoms. The summed E-state index contributed by atoms with van der Waals surface area (Å²) in [5.41, 5.74) is 14.3. The van der Waals surface area contributed by atoms with E-state index in [4.69, 9.17) is 36.0 Å². The summed E-state index contributed by atoms with van der Waals surface area (Å²) in [6, 6.07) is 16.0. The van der Waals surface area contributed by atoms with Gasteiger partial charge in [-0.15, -0.1) is 0 Å². The Morgan fingerprint density at radius 3 is 2.02 bits per heavy atom. The molecule has 7 N–H and O–H groups in total. The van der Waals surface area contributed by atoms with Crippen LogP contribution in [0.3, 0.4) is 0 Å². The van der Waals surface area contributed by atoms with Crippen molar-refractivity contribution in [3.63, 3.8) is 0 Å². The van der Waals surface area contributed by atoms with Gasteiger partial charge < -0.3 is 36.3 Å². The van der Waals surface area contributed by atoms with E-state index in [0.717, 1.165) is 29.7 Å². The average molecular weight is 749 g/mol. The Balaban J connectivity index is 0.000000564. The predicted molar refractivity (Wildman–Crippen MR) is 170 cm³/mol. The lowest BCUT2D eigenvalue weighted by atomic mass is 10.0. The molecule has 0 aliphatic heterocycles. The van der Waals surface area contributed by atoms with Crippen molar-refractivity contribution in [1.29, 1.82) is 0 Å². The smallest absolute Gasteiger partial charge is 0.490 e. The highest BCUT2D eigenvalue weighted by Gasteiger charge is 2.39. The number of carboxylic acids is 2. The van der Waals surface area contributed by atoms with Crippen LogP contribution in [0.25, 0.3) is 22.2 Å². The number of carbonyl (C=O) groups excluding carboxylic acids is 1. The normalized spacial score (nSPS) is 11.7. The number of nitro benzene ring substituents is 1. The molecule has 282 valence electrons. The molecule has 0 unspecified atom stereocenters. The number of imidazole rings is 1. The Bertz CT molecular complexity index is 1840. The molecule has 0 saturated heterocycles. The predicted octanol–water partition coefficient (Wildman–Crippen LogP) is 4.87. The summed E-state index contributed by atoms with van der Waals surface area (Å²) in [4.78, 5) is 46.2. The van der Waals surface area contributed by atoms with Gasteiger partial charge in [-0.25, -0.2) is 19.0 Å². The van der Waals surface area contributed by atoms with E-state index < -0.39 is 40.9 Å². The van der Waals surface area contributed by atoms with Crippen LogP contribution in [0.5, 0.6) is 5.75 Å². The van der Waals surface area contributed by atoms with Gasteiger partial charge in [0.25, 0.3) is 11.6 Å². The first kappa shape index (κ1) is 42.3. The quantitative estimate of drug-likeness (QED) is 0.0790. The molecule has 1 heterocycles. The number of nitrogens with zero attached hydrogens (tertiary/aromatic N) is 3. The Labute approximate surface area is 288 Å². The number of aromatic nitrogens is 2. The Hall–Kier alpha value is -5.83. The molecule has 3 aromatic carbocycles. The number of methoxy groups -OCH3 is 1. The third-order valence-electron chi connectivity index (χ3n) is 6.73. The van der Waals surface area contributed by atoms with E-state index in [1.165, 1.54) is 6.07 Å². The van der Waals surface area contributed by atoms with Crippen molar-refractivity contribution in [2.24, 2.45) is 11.5 Å². The number of nitrogens with two attached hydrogens (primary N) is 2. The highest BCUT2D eigenvalue weighted by molar-refractivity contribution is 5.95. The molecule has 0 aliphatic rings. The van der Waals surface area contributed by atoms with Gasteiger partial charge >= 0.3 is 24.3 Å². The molecule has 1 amide bonds. The number of non-ortho nitro benzene ring substituents is 1. The minimum absolute atomic E-state index is 0.0452. The lowest BCUT2D eigenvalue weighted by molar-refractivity contribution is -0.385. The molecule has 4 rings (SSSR count). The van der Waals surface area contributed by atoms with Crippen molar-refractivity contribution < 1.29 is 65.0 Å². The number of halogens is 7. The van der Waals surface area contributed by atoms with Crippen molar-refractivity contribution in [2.75, 3.05) is 20.2 Å². The summed E-state index contributed by atoms with van der Waals surface area (Å²) >= 11 is 0. The molecule has 14 nitrogen and oxygen atoms in total. The minimum Gasteiger partial charge on any atom is -0.497 e. The number of nitrogens with one attached hydrogen (secondary N) is 1. The third-order valence-corrected chi connectivity index (χ3v) is 6.73. The first-order valence-electron chi connectivity index (χ1n) is 14.6. The number of nitro groups is 1. The van der Waals surface area contributed by atoms with Crippen molar-refractivity contribution in [2.45, 2.75) is 37.8 Å². The van der Waals surface area contributed by atoms with E-state index in [2.05, 4.69) is 10.3 Å². The van der Waals surface area contributed by atoms with Crippen molar-refractivity contribution in [3.05, 3.63) is 88.0 Å². The van der Waals surface area contributed by atoms with Crippen LogP contribution in [0.1, 0.15) is 29.0 Å². The molecule has 0 fully saturated rings. The van der Waals surface area contributed by atoms with Gasteiger partial charge in [0, 0.05) is 30.3 Å². The van der Waals surface area contributed by atoms with Gasteiger partial charge in [-0.3, -0.25) is 14.9 Å². The molecule has 0 aliphatic carbocycles. The van der Waals surface area contributed by atoms with Gasteiger partial charge in [0.15, 0.2) is 5.82 Å². The molecular formula is C31H31F7N6O8. The molecule has 21 heteroatoms. The van der Waals surface area contributed by atoms with Gasteiger partial charge in [-0.05, 0) is 60.8 Å². The summed E-state index contributed by atoms with van der Waals surface area (Å²) in [6.07, 6.45) is -8.78. The highest BCUT2D eigenvalue weighted by atomic mass is 19.4. The van der Waals surface area contributed by atoms with Crippen LogP contribution in [0.2, 0.25) is 0 Å². The van der Waals surface area contributed by atoms with Crippen LogP contribution in [-0.4, -0.2) is 81.1 Å². The number of hydrogen-bond acceptors (Lipinski definition) is 9. The maximum Gasteiger partial charge on any atom is 0.490 e. The molecule has 0 radical (unpaired) electrons. The fourth-order valence-corrected chi connectivity index (χ4v) is 4.17. The monoisotopic (exact) mass is 748 g/mol. The van der Waals surface area contributed by atoms with E-state index in [1.54, 1.807) is 17.7 Å². The summed E-state index contributed by atoms with van der Waals surface area (Å²) in [5, 5.41) is 28.3. The standard InChI is InChI=1S/C27H29FN6O4.2C2HF3O2/c1-38-22-8-4-17(5-9-22)18-6-11-24-25(14-18)33(16-19-13-21(34(36)37)7-10-23(19)28)26(32-24)27(35)31-15-20(30)3-2-12-29;2*3-2(4,5)1(6)7/h4-11,13-14,20H,2-3,12,15-16,29-30H2,1H3,(H,31,35);2*(H,6,7)/t20-;;/m0../s1. The summed E-state index contributed by atoms with van der Waals surface area (Å²) in [7, 11) is 1.59. The molecule has 52 heavy (non-hydrogen) atoms. The van der Waals surface area contributed by atoms with Gasteiger partial charge in [0.05, 0.1) is 29.6 Å². The second-order valence-electron chi connectivity index (χ2n) is 10.5. The van der Waals surface area contributed by atoms with E-state index in [-0.39, 0.29) is 36.2 Å². The average Bonchev–Trinajstić information content (AvgIpc) is 3.44. The van der Waals surface area contributed by atoms with E-state index >= 15 is 0 Å². The largest absolute Gasteiger partial charge is 0.497 e. The fourth-order valence-electron chi connectivity index (χ4n) is 4.17. The Kier molecular flexibility index (Phi) is 15.0. The molecule has 1 aromatic heterocycles. The summed E-state index contributed by atoms with van der Waals surface area (Å²) in [5.74, 6) is -5.87. The van der Waals surface area contributed by atoms with Gasteiger partial charge in [0.2, 0.25) is 0 Å². The molecule has 0 saturated carbocycles. The molecule has 4 aromatic rings. The van der Waals surface area contributed by atoms with Crippen LogP contribution >= 0.6 is 0 Å². The number of benzene rings is 3. The van der Waals surface area contributed by atoms with E-state index in [1.807, 2.05) is 36.4 Å². The molecular weight excluding hydrogens is 717 g/mol. The zero-order chi connectivity index (χ0) is 39.4. The molecule has 0 bridgehead atoms. The topological polar surface area (TPSA) is 226 Å². The van der Waals surface area contributed by atoms with Gasteiger partial charge in [-0.2, -0.15) is 26.3 Å².